The molecule has 0 aromatic heterocycles. The van der Waals surface area contributed by atoms with Gasteiger partial charge in [-0.05, 0) is 13.8 Å². The molecule has 1 unspecified atom stereocenters. The predicted octanol–water partition coefficient (Wildman–Crippen LogP) is 0.579. The van der Waals surface area contributed by atoms with E-state index in [0.717, 1.165) is 0 Å². The summed E-state index contributed by atoms with van der Waals surface area (Å²) in [5, 5.41) is 16.9. The lowest BCUT2D eigenvalue weighted by molar-refractivity contribution is 0.197. The summed E-state index contributed by atoms with van der Waals surface area (Å²) < 4.78 is -0.602. The SMILES string of the molecule is CC(C)(S)C(O)C#N. The quantitative estimate of drug-likeness (QED) is 0.404. The van der Waals surface area contributed by atoms with E-state index in [9.17, 15) is 0 Å². The van der Waals surface area contributed by atoms with Gasteiger partial charge in [0, 0.05) is 4.75 Å². The third-order valence-electron chi connectivity index (χ3n) is 0.791. The summed E-state index contributed by atoms with van der Waals surface area (Å²) in [6.07, 6.45) is -0.981. The van der Waals surface area contributed by atoms with Crippen molar-refractivity contribution in [2.24, 2.45) is 0 Å². The van der Waals surface area contributed by atoms with Gasteiger partial charge >= 0.3 is 0 Å². The van der Waals surface area contributed by atoms with Crippen LogP contribution in [0.25, 0.3) is 0 Å². The molecule has 3 heteroatoms. The van der Waals surface area contributed by atoms with E-state index in [1.54, 1.807) is 19.9 Å². The fourth-order valence-electron chi connectivity index (χ4n) is 0.158. The monoisotopic (exact) mass is 131 g/mol. The van der Waals surface area contributed by atoms with Gasteiger partial charge in [0.15, 0.2) is 6.10 Å². The van der Waals surface area contributed by atoms with E-state index >= 15 is 0 Å². The molecule has 2 nitrogen and oxygen atoms in total. The van der Waals surface area contributed by atoms with Crippen LogP contribution >= 0.6 is 12.6 Å². The molecule has 0 spiro atoms. The minimum atomic E-state index is -0.981. The molecule has 0 saturated carbocycles. The molecule has 0 fully saturated rings. The van der Waals surface area contributed by atoms with Crippen LogP contribution in [-0.4, -0.2) is 16.0 Å². The molecular formula is C5H9NOS. The Morgan fingerprint density at radius 3 is 2.12 bits per heavy atom. The van der Waals surface area contributed by atoms with Crippen molar-refractivity contribution in [1.82, 2.24) is 0 Å². The molecule has 0 amide bonds. The molecule has 1 atom stereocenters. The highest BCUT2D eigenvalue weighted by Gasteiger charge is 2.21. The van der Waals surface area contributed by atoms with Gasteiger partial charge < -0.3 is 5.11 Å². The van der Waals surface area contributed by atoms with Gasteiger partial charge in [-0.15, -0.1) is 0 Å². The van der Waals surface area contributed by atoms with Crippen molar-refractivity contribution in [2.45, 2.75) is 24.7 Å². The average Bonchev–Trinajstić information content (AvgIpc) is 1.62. The first kappa shape index (κ1) is 7.80. The van der Waals surface area contributed by atoms with Crippen molar-refractivity contribution in [3.8, 4) is 6.07 Å². The van der Waals surface area contributed by atoms with Crippen molar-refractivity contribution in [2.75, 3.05) is 0 Å². The van der Waals surface area contributed by atoms with Crippen molar-refractivity contribution in [1.29, 1.82) is 5.26 Å². The first-order valence-corrected chi connectivity index (χ1v) is 2.73. The van der Waals surface area contributed by atoms with Crippen LogP contribution < -0.4 is 0 Å². The molecular weight excluding hydrogens is 122 g/mol. The molecule has 0 aliphatic carbocycles. The van der Waals surface area contributed by atoms with Gasteiger partial charge in [0.05, 0.1) is 6.07 Å². The first-order valence-electron chi connectivity index (χ1n) is 2.28. The van der Waals surface area contributed by atoms with Crippen LogP contribution in [0.3, 0.4) is 0 Å². The Balaban J connectivity index is 3.87. The van der Waals surface area contributed by atoms with Crippen molar-refractivity contribution < 1.29 is 5.11 Å². The number of aliphatic hydroxyl groups excluding tert-OH is 1. The summed E-state index contributed by atoms with van der Waals surface area (Å²) in [5.74, 6) is 0. The van der Waals surface area contributed by atoms with Crippen LogP contribution in [0.15, 0.2) is 0 Å². The van der Waals surface area contributed by atoms with Gasteiger partial charge in [0.25, 0.3) is 0 Å². The van der Waals surface area contributed by atoms with Crippen LogP contribution in [0.2, 0.25) is 0 Å². The van der Waals surface area contributed by atoms with Gasteiger partial charge in [-0.1, -0.05) is 0 Å². The highest BCUT2D eigenvalue weighted by molar-refractivity contribution is 7.81. The minimum Gasteiger partial charge on any atom is -0.377 e. The molecule has 0 aliphatic heterocycles. The van der Waals surface area contributed by atoms with E-state index in [0.29, 0.717) is 0 Å². The molecule has 0 saturated heterocycles. The lowest BCUT2D eigenvalue weighted by Crippen LogP contribution is -2.28. The maximum Gasteiger partial charge on any atom is 0.154 e. The molecule has 1 N–H and O–H groups in total. The Kier molecular flexibility index (Phi) is 2.32. The van der Waals surface area contributed by atoms with Crippen molar-refractivity contribution >= 4 is 12.6 Å². The maximum absolute atomic E-state index is 8.76. The lowest BCUT2D eigenvalue weighted by Gasteiger charge is -2.17. The Morgan fingerprint density at radius 1 is 1.75 bits per heavy atom. The van der Waals surface area contributed by atoms with Crippen molar-refractivity contribution in [3.63, 3.8) is 0 Å². The summed E-state index contributed by atoms with van der Waals surface area (Å²) in [6, 6.07) is 1.68. The Bertz CT molecular complexity index is 111. The molecule has 0 aromatic rings. The standard InChI is InChI=1S/C5H9NOS/c1-5(2,8)4(7)3-6/h4,7-8H,1-2H3. The maximum atomic E-state index is 8.76. The van der Waals surface area contributed by atoms with E-state index in [1.807, 2.05) is 0 Å². The molecule has 0 aliphatic rings. The van der Waals surface area contributed by atoms with Crippen LogP contribution in [-0.2, 0) is 0 Å². The third-order valence-corrected chi connectivity index (χ3v) is 1.04. The van der Waals surface area contributed by atoms with Crippen molar-refractivity contribution in [3.05, 3.63) is 0 Å². The fraction of sp³-hybridized carbons (Fsp3) is 0.800. The Labute approximate surface area is 54.5 Å². The molecule has 0 rings (SSSR count). The first-order chi connectivity index (χ1) is 3.48. The summed E-state index contributed by atoms with van der Waals surface area (Å²) >= 11 is 3.96. The smallest absolute Gasteiger partial charge is 0.154 e. The zero-order valence-electron chi connectivity index (χ0n) is 4.92. The molecule has 0 aromatic carbocycles. The largest absolute Gasteiger partial charge is 0.377 e. The summed E-state index contributed by atoms with van der Waals surface area (Å²) in [5.41, 5.74) is 0. The normalized spacial score (nSPS) is 14.9. The molecule has 0 bridgehead atoms. The molecule has 46 valence electrons. The summed E-state index contributed by atoms with van der Waals surface area (Å²) in [6.45, 7) is 3.37. The number of rotatable bonds is 1. The number of nitrogens with zero attached hydrogens (tertiary/aromatic N) is 1. The summed E-state index contributed by atoms with van der Waals surface area (Å²) in [4.78, 5) is 0. The number of hydrogen-bond acceptors (Lipinski definition) is 3. The average molecular weight is 131 g/mol. The molecule has 0 radical (unpaired) electrons. The minimum absolute atomic E-state index is 0.602. The lowest BCUT2D eigenvalue weighted by atomic mass is 10.1. The number of thiol groups is 1. The predicted molar refractivity (Wildman–Crippen MR) is 34.7 cm³/mol. The van der Waals surface area contributed by atoms with E-state index < -0.39 is 10.9 Å². The second-order valence-electron chi connectivity index (χ2n) is 2.19. The van der Waals surface area contributed by atoms with Gasteiger partial charge in [0.2, 0.25) is 0 Å². The second kappa shape index (κ2) is 2.38. The highest BCUT2D eigenvalue weighted by atomic mass is 32.1. The highest BCUT2D eigenvalue weighted by Crippen LogP contribution is 2.15. The van der Waals surface area contributed by atoms with Crippen LogP contribution in [0.5, 0.6) is 0 Å². The second-order valence-corrected chi connectivity index (χ2v) is 3.34. The van der Waals surface area contributed by atoms with E-state index in [4.69, 9.17) is 10.4 Å². The van der Waals surface area contributed by atoms with Gasteiger partial charge in [-0.25, -0.2) is 0 Å². The molecule has 0 heterocycles. The topological polar surface area (TPSA) is 44.0 Å². The van der Waals surface area contributed by atoms with Crippen LogP contribution in [0.1, 0.15) is 13.8 Å². The summed E-state index contributed by atoms with van der Waals surface area (Å²) in [7, 11) is 0. The number of hydrogen-bond donors (Lipinski definition) is 2. The number of nitriles is 1. The van der Waals surface area contributed by atoms with E-state index in [-0.39, 0.29) is 0 Å². The van der Waals surface area contributed by atoms with Gasteiger partial charge in [0.1, 0.15) is 0 Å². The number of aliphatic hydroxyl groups is 1. The fourth-order valence-corrected chi connectivity index (χ4v) is 0.216. The Hall–Kier alpha value is -0.200. The zero-order chi connectivity index (χ0) is 6.78. The Morgan fingerprint density at radius 2 is 2.12 bits per heavy atom. The van der Waals surface area contributed by atoms with E-state index in [2.05, 4.69) is 12.6 Å². The van der Waals surface area contributed by atoms with E-state index in [1.165, 1.54) is 0 Å². The van der Waals surface area contributed by atoms with Crippen LogP contribution in [0, 0.1) is 11.3 Å². The third kappa shape index (κ3) is 2.20. The van der Waals surface area contributed by atoms with Gasteiger partial charge in [-0.2, -0.15) is 17.9 Å². The van der Waals surface area contributed by atoms with Gasteiger partial charge in [-0.3, -0.25) is 0 Å². The zero-order valence-corrected chi connectivity index (χ0v) is 5.81. The van der Waals surface area contributed by atoms with Crippen LogP contribution in [0.4, 0.5) is 0 Å². The molecule has 8 heavy (non-hydrogen) atoms.